The average Bonchev–Trinajstić information content (AvgIpc) is 2.46. The number of piperazine rings is 1. The van der Waals surface area contributed by atoms with Gasteiger partial charge in [0.1, 0.15) is 0 Å². The van der Waals surface area contributed by atoms with E-state index in [1.165, 1.54) is 58.7 Å². The van der Waals surface area contributed by atoms with Crippen LogP contribution in [0.1, 0.15) is 26.7 Å². The lowest BCUT2D eigenvalue weighted by molar-refractivity contribution is 0.0969. The van der Waals surface area contributed by atoms with E-state index in [0.717, 1.165) is 12.6 Å². The van der Waals surface area contributed by atoms with E-state index < -0.39 is 0 Å². The van der Waals surface area contributed by atoms with Crippen molar-refractivity contribution in [2.45, 2.75) is 26.7 Å². The third kappa shape index (κ3) is 6.21. The molecule has 0 amide bonds. The summed E-state index contributed by atoms with van der Waals surface area (Å²) in [5.74, 6) is 0.946. The molecule has 0 radical (unpaired) electrons. The summed E-state index contributed by atoms with van der Waals surface area (Å²) in [6.07, 6.45) is 2.79. The summed E-state index contributed by atoms with van der Waals surface area (Å²) in [7, 11) is 4.28. The Bertz CT molecular complexity index is 206. The first-order chi connectivity index (χ1) is 9.28. The Morgan fingerprint density at radius 3 is 1.95 bits per heavy atom. The minimum atomic E-state index is 0.946. The van der Waals surface area contributed by atoms with E-state index in [2.05, 4.69) is 27.1 Å². The minimum Gasteiger partial charge on any atom is -0.307 e. The van der Waals surface area contributed by atoms with Gasteiger partial charge >= 0.3 is 0 Å². The average molecular weight is 270 g/mol. The lowest BCUT2D eigenvalue weighted by Gasteiger charge is -2.38. The van der Waals surface area contributed by atoms with E-state index in [1.54, 1.807) is 0 Å². The van der Waals surface area contributed by atoms with E-state index in [0.29, 0.717) is 0 Å². The molecule has 0 unspecified atom stereocenters. The molecule has 2 fully saturated rings. The molecule has 0 aromatic heterocycles. The lowest BCUT2D eigenvalue weighted by atomic mass is 9.96. The van der Waals surface area contributed by atoms with E-state index in [1.807, 2.05) is 20.9 Å². The van der Waals surface area contributed by atoms with Gasteiger partial charge in [0, 0.05) is 39.4 Å². The molecule has 4 heteroatoms. The molecule has 4 nitrogen and oxygen atoms in total. The van der Waals surface area contributed by atoms with Crippen molar-refractivity contribution in [3.05, 3.63) is 0 Å². The highest BCUT2D eigenvalue weighted by Crippen LogP contribution is 2.17. The molecule has 19 heavy (non-hydrogen) atoms. The molecule has 2 aliphatic heterocycles. The Balaban J connectivity index is 0.000000861. The van der Waals surface area contributed by atoms with Crippen molar-refractivity contribution in [3.63, 3.8) is 0 Å². The Labute approximate surface area is 120 Å². The quantitative estimate of drug-likeness (QED) is 0.827. The van der Waals surface area contributed by atoms with Crippen molar-refractivity contribution in [1.82, 2.24) is 20.0 Å². The number of nitrogens with one attached hydrogen (secondary N) is 1. The number of likely N-dealkylation sites (tertiary alicyclic amines) is 1. The van der Waals surface area contributed by atoms with Gasteiger partial charge in [-0.25, -0.2) is 0 Å². The zero-order valence-electron chi connectivity index (χ0n) is 13.5. The highest BCUT2D eigenvalue weighted by atomic mass is 15.3. The molecule has 2 saturated heterocycles. The largest absolute Gasteiger partial charge is 0.307 e. The first-order valence-corrected chi connectivity index (χ1v) is 8.06. The second-order valence-electron chi connectivity index (χ2n) is 5.68. The summed E-state index contributed by atoms with van der Waals surface area (Å²) in [4.78, 5) is 7.63. The van der Waals surface area contributed by atoms with Gasteiger partial charge < -0.3 is 15.1 Å². The van der Waals surface area contributed by atoms with E-state index in [-0.39, 0.29) is 0 Å². The van der Waals surface area contributed by atoms with Gasteiger partial charge in [0.15, 0.2) is 0 Å². The van der Waals surface area contributed by atoms with Crippen LogP contribution in [0.3, 0.4) is 0 Å². The van der Waals surface area contributed by atoms with E-state index in [4.69, 9.17) is 0 Å². The molecule has 2 heterocycles. The molecule has 0 saturated carbocycles. The van der Waals surface area contributed by atoms with Crippen LogP contribution in [-0.4, -0.2) is 81.3 Å². The predicted molar refractivity (Wildman–Crippen MR) is 83.5 cm³/mol. The molecular weight excluding hydrogens is 236 g/mol. The van der Waals surface area contributed by atoms with Gasteiger partial charge in [-0.2, -0.15) is 0 Å². The second kappa shape index (κ2) is 9.70. The third-order valence-electron chi connectivity index (χ3n) is 4.20. The predicted octanol–water partition coefficient (Wildman–Crippen LogP) is 1.15. The van der Waals surface area contributed by atoms with Gasteiger partial charge in [0.05, 0.1) is 0 Å². The first-order valence-electron chi connectivity index (χ1n) is 8.06. The maximum absolute atomic E-state index is 3.24. The smallest absolute Gasteiger partial charge is 0.0479 e. The van der Waals surface area contributed by atoms with Gasteiger partial charge in [0.2, 0.25) is 0 Å². The molecule has 114 valence electrons. The van der Waals surface area contributed by atoms with Crippen molar-refractivity contribution in [2.24, 2.45) is 5.92 Å². The van der Waals surface area contributed by atoms with Crippen LogP contribution in [-0.2, 0) is 0 Å². The molecule has 0 aliphatic carbocycles. The highest BCUT2D eigenvalue weighted by Gasteiger charge is 2.22. The van der Waals surface area contributed by atoms with Crippen molar-refractivity contribution in [1.29, 1.82) is 0 Å². The monoisotopic (exact) mass is 270 g/mol. The molecule has 1 N–H and O–H groups in total. The van der Waals surface area contributed by atoms with Crippen LogP contribution in [0.2, 0.25) is 0 Å². The molecule has 0 aromatic carbocycles. The van der Waals surface area contributed by atoms with Crippen molar-refractivity contribution < 1.29 is 0 Å². The summed E-state index contributed by atoms with van der Waals surface area (Å²) in [5.41, 5.74) is 0. The Morgan fingerprint density at radius 1 is 0.895 bits per heavy atom. The summed E-state index contributed by atoms with van der Waals surface area (Å²) in [5, 5.41) is 3.24. The molecule has 2 aliphatic rings. The van der Waals surface area contributed by atoms with Crippen LogP contribution < -0.4 is 5.32 Å². The zero-order valence-corrected chi connectivity index (χ0v) is 13.5. The molecule has 0 atom stereocenters. The van der Waals surface area contributed by atoms with Gasteiger partial charge in [-0.05, 0) is 45.9 Å². The fourth-order valence-corrected chi connectivity index (χ4v) is 2.96. The van der Waals surface area contributed by atoms with Gasteiger partial charge in [-0.1, -0.05) is 13.8 Å². The number of hydrogen-bond donors (Lipinski definition) is 1. The number of rotatable bonds is 4. The van der Waals surface area contributed by atoms with Crippen molar-refractivity contribution in [2.75, 3.05) is 66.6 Å². The van der Waals surface area contributed by atoms with Crippen LogP contribution in [0.25, 0.3) is 0 Å². The standard InChI is InChI=1S/C13H28N4.C2H6/c1-14-12-17-9-7-16(8-10-17)11-13-3-5-15(2)6-4-13;1-2/h13-14H,3-12H2,1-2H3;1-2H3. The van der Waals surface area contributed by atoms with Gasteiger partial charge in [0.25, 0.3) is 0 Å². The number of hydrogen-bond acceptors (Lipinski definition) is 4. The maximum atomic E-state index is 3.24. The summed E-state index contributed by atoms with van der Waals surface area (Å²) < 4.78 is 0. The highest BCUT2D eigenvalue weighted by molar-refractivity contribution is 4.77. The molecule has 0 bridgehead atoms. The molecule has 2 rings (SSSR count). The minimum absolute atomic E-state index is 0.946. The SMILES string of the molecule is CC.CNCN1CCN(CC2CCN(C)CC2)CC1. The Hall–Kier alpha value is -0.160. The summed E-state index contributed by atoms with van der Waals surface area (Å²) in [6.45, 7) is 13.9. The van der Waals surface area contributed by atoms with E-state index in [9.17, 15) is 0 Å². The van der Waals surface area contributed by atoms with Crippen LogP contribution in [0.15, 0.2) is 0 Å². The van der Waals surface area contributed by atoms with Crippen LogP contribution in [0.5, 0.6) is 0 Å². The van der Waals surface area contributed by atoms with Crippen LogP contribution in [0.4, 0.5) is 0 Å². The second-order valence-corrected chi connectivity index (χ2v) is 5.68. The van der Waals surface area contributed by atoms with Crippen molar-refractivity contribution >= 4 is 0 Å². The number of nitrogens with zero attached hydrogens (tertiary/aromatic N) is 3. The fourth-order valence-electron chi connectivity index (χ4n) is 2.96. The fraction of sp³-hybridized carbons (Fsp3) is 1.00. The third-order valence-corrected chi connectivity index (χ3v) is 4.20. The van der Waals surface area contributed by atoms with Crippen LogP contribution >= 0.6 is 0 Å². The first kappa shape index (κ1) is 16.9. The van der Waals surface area contributed by atoms with Gasteiger partial charge in [-0.15, -0.1) is 0 Å². The molecule has 0 spiro atoms. The molecular formula is C15H34N4. The van der Waals surface area contributed by atoms with Crippen LogP contribution in [0, 0.1) is 5.92 Å². The summed E-state index contributed by atoms with van der Waals surface area (Å²) >= 11 is 0. The zero-order chi connectivity index (χ0) is 14.1. The number of piperidine rings is 1. The normalized spacial score (nSPS) is 24.0. The topological polar surface area (TPSA) is 21.8 Å². The Morgan fingerprint density at radius 2 is 1.42 bits per heavy atom. The summed E-state index contributed by atoms with van der Waals surface area (Å²) in [6, 6.07) is 0. The van der Waals surface area contributed by atoms with Crippen molar-refractivity contribution in [3.8, 4) is 0 Å². The van der Waals surface area contributed by atoms with E-state index >= 15 is 0 Å². The maximum Gasteiger partial charge on any atom is 0.0479 e. The lowest BCUT2D eigenvalue weighted by Crippen LogP contribution is -2.50. The molecule has 0 aromatic rings. The van der Waals surface area contributed by atoms with Gasteiger partial charge in [-0.3, -0.25) is 4.90 Å². The Kier molecular flexibility index (Phi) is 8.62.